The van der Waals surface area contributed by atoms with E-state index < -0.39 is 0 Å². The van der Waals surface area contributed by atoms with Gasteiger partial charge >= 0.3 is 0 Å². The number of nitrogens with zero attached hydrogens (tertiary/aromatic N) is 1. The highest BCUT2D eigenvalue weighted by Gasteiger charge is 2.20. The summed E-state index contributed by atoms with van der Waals surface area (Å²) >= 11 is 12.0. The van der Waals surface area contributed by atoms with Crippen LogP contribution < -0.4 is 11.1 Å². The zero-order chi connectivity index (χ0) is 17.7. The number of carbonyl (C=O) groups excluding carboxylic acids is 1. The molecule has 2 aromatic rings. The average molecular weight is 370 g/mol. The maximum absolute atomic E-state index is 12.1. The molecule has 2 atom stereocenters. The van der Waals surface area contributed by atoms with E-state index in [1.54, 1.807) is 12.1 Å². The summed E-state index contributed by atoms with van der Waals surface area (Å²) in [6.07, 6.45) is 2.84. The highest BCUT2D eigenvalue weighted by molar-refractivity contribution is 6.35. The molecule has 1 amide bonds. The summed E-state index contributed by atoms with van der Waals surface area (Å²) in [4.78, 5) is 16.3. The summed E-state index contributed by atoms with van der Waals surface area (Å²) in [5.74, 6) is 0.313. The number of aromatic nitrogens is 1. The van der Waals surface area contributed by atoms with E-state index in [1.165, 1.54) is 6.26 Å². The molecule has 0 saturated heterocycles. The largest absolute Gasteiger partial charge is 0.446 e. The molecule has 130 valence electrons. The second-order valence-corrected chi connectivity index (χ2v) is 6.57. The van der Waals surface area contributed by atoms with Crippen molar-refractivity contribution in [3.63, 3.8) is 0 Å². The van der Waals surface area contributed by atoms with Crippen LogP contribution in [0.25, 0.3) is 0 Å². The molecule has 0 radical (unpaired) electrons. The molecule has 0 fully saturated rings. The number of benzene rings is 1. The van der Waals surface area contributed by atoms with Crippen LogP contribution in [0.1, 0.15) is 48.3 Å². The highest BCUT2D eigenvalue weighted by atomic mass is 35.5. The minimum Gasteiger partial charge on any atom is -0.446 e. The summed E-state index contributed by atoms with van der Waals surface area (Å²) in [5, 5.41) is 3.96. The lowest BCUT2D eigenvalue weighted by atomic mass is 10.0. The average Bonchev–Trinajstić information content (AvgIpc) is 3.05. The highest BCUT2D eigenvalue weighted by Crippen LogP contribution is 2.22. The number of nitrogens with one attached hydrogen (secondary N) is 1. The van der Waals surface area contributed by atoms with E-state index in [-0.39, 0.29) is 23.6 Å². The van der Waals surface area contributed by atoms with Crippen molar-refractivity contribution in [1.82, 2.24) is 10.3 Å². The Hall–Kier alpha value is -1.56. The predicted molar refractivity (Wildman–Crippen MR) is 95.4 cm³/mol. The number of amides is 1. The molecule has 1 heterocycles. The molecule has 2 unspecified atom stereocenters. The molecule has 1 aromatic heterocycles. The Kier molecular flexibility index (Phi) is 6.66. The normalized spacial score (nSPS) is 13.5. The summed E-state index contributed by atoms with van der Waals surface area (Å²) in [5.41, 5.74) is 7.20. The van der Waals surface area contributed by atoms with Crippen molar-refractivity contribution in [2.45, 2.75) is 32.7 Å². The van der Waals surface area contributed by atoms with Gasteiger partial charge in [-0.25, -0.2) is 4.98 Å². The Morgan fingerprint density at radius 3 is 2.83 bits per heavy atom. The second kappa shape index (κ2) is 8.51. The molecule has 0 aliphatic carbocycles. The van der Waals surface area contributed by atoms with E-state index in [1.807, 2.05) is 19.9 Å². The smallest absolute Gasteiger partial charge is 0.273 e. The summed E-state index contributed by atoms with van der Waals surface area (Å²) in [6, 6.07) is 4.98. The number of halogens is 2. The predicted octanol–water partition coefficient (Wildman–Crippen LogP) is 4.00. The van der Waals surface area contributed by atoms with Gasteiger partial charge in [0.25, 0.3) is 5.91 Å². The van der Waals surface area contributed by atoms with Crippen LogP contribution in [0.3, 0.4) is 0 Å². The summed E-state index contributed by atoms with van der Waals surface area (Å²) in [6.45, 7) is 4.49. The van der Waals surface area contributed by atoms with E-state index in [0.717, 1.165) is 12.0 Å². The zero-order valence-corrected chi connectivity index (χ0v) is 15.2. The molecule has 0 aliphatic rings. The van der Waals surface area contributed by atoms with Crippen molar-refractivity contribution in [3.05, 3.63) is 51.7 Å². The fourth-order valence-electron chi connectivity index (χ4n) is 2.17. The number of nitrogens with two attached hydrogens (primary N) is 1. The number of oxazole rings is 1. The number of carbonyl (C=O) groups is 1. The van der Waals surface area contributed by atoms with Gasteiger partial charge in [-0.15, -0.1) is 0 Å². The van der Waals surface area contributed by atoms with Crippen molar-refractivity contribution in [3.8, 4) is 0 Å². The van der Waals surface area contributed by atoms with Crippen LogP contribution >= 0.6 is 23.2 Å². The van der Waals surface area contributed by atoms with Gasteiger partial charge in [0.1, 0.15) is 6.26 Å². The van der Waals surface area contributed by atoms with Gasteiger partial charge in [0.15, 0.2) is 5.69 Å². The van der Waals surface area contributed by atoms with Crippen molar-refractivity contribution in [2.24, 2.45) is 11.7 Å². The Morgan fingerprint density at radius 1 is 1.42 bits per heavy atom. The fourth-order valence-corrected chi connectivity index (χ4v) is 2.67. The number of hydrogen-bond donors (Lipinski definition) is 2. The topological polar surface area (TPSA) is 81.1 Å². The first kappa shape index (κ1) is 18.8. The van der Waals surface area contributed by atoms with Crippen molar-refractivity contribution < 1.29 is 9.21 Å². The Bertz CT molecular complexity index is 703. The van der Waals surface area contributed by atoms with E-state index in [9.17, 15) is 4.79 Å². The van der Waals surface area contributed by atoms with Gasteiger partial charge in [0.05, 0.1) is 6.04 Å². The number of rotatable bonds is 7. The van der Waals surface area contributed by atoms with Crippen LogP contribution in [0.5, 0.6) is 0 Å². The fraction of sp³-hybridized carbons (Fsp3) is 0.412. The lowest BCUT2D eigenvalue weighted by molar-refractivity contribution is 0.0949. The van der Waals surface area contributed by atoms with Crippen LogP contribution in [-0.4, -0.2) is 17.4 Å². The molecular formula is C17H21Cl2N3O2. The van der Waals surface area contributed by atoms with Gasteiger partial charge in [-0.1, -0.05) is 49.5 Å². The molecule has 0 saturated carbocycles. The van der Waals surface area contributed by atoms with E-state index in [2.05, 4.69) is 10.3 Å². The third-order valence-corrected chi connectivity index (χ3v) is 4.58. The van der Waals surface area contributed by atoms with Crippen LogP contribution in [0, 0.1) is 5.92 Å². The zero-order valence-electron chi connectivity index (χ0n) is 13.7. The number of hydrogen-bond acceptors (Lipinski definition) is 4. The first-order valence-corrected chi connectivity index (χ1v) is 8.61. The quantitative estimate of drug-likeness (QED) is 0.772. The molecular weight excluding hydrogens is 349 g/mol. The van der Waals surface area contributed by atoms with Crippen molar-refractivity contribution >= 4 is 29.1 Å². The Balaban J connectivity index is 1.90. The van der Waals surface area contributed by atoms with Gasteiger partial charge in [-0.2, -0.15) is 0 Å². The van der Waals surface area contributed by atoms with Crippen LogP contribution in [-0.2, 0) is 6.42 Å². The van der Waals surface area contributed by atoms with E-state index >= 15 is 0 Å². The summed E-state index contributed by atoms with van der Waals surface area (Å²) in [7, 11) is 0. The summed E-state index contributed by atoms with van der Waals surface area (Å²) < 4.78 is 5.33. The van der Waals surface area contributed by atoms with Gasteiger partial charge in [0.2, 0.25) is 5.89 Å². The first-order chi connectivity index (χ1) is 11.4. The van der Waals surface area contributed by atoms with Crippen molar-refractivity contribution in [2.75, 3.05) is 6.54 Å². The molecule has 1 aromatic carbocycles. The van der Waals surface area contributed by atoms with Gasteiger partial charge in [-0.05, 0) is 30.0 Å². The van der Waals surface area contributed by atoms with Crippen molar-refractivity contribution in [1.29, 1.82) is 0 Å². The van der Waals surface area contributed by atoms with Gasteiger partial charge in [0, 0.05) is 16.6 Å². The SMILES string of the molecule is CCC(C)C(N)c1nc(C(=O)NCCc2ccc(Cl)cc2Cl)co1. The van der Waals surface area contributed by atoms with Crippen LogP contribution in [0.15, 0.2) is 28.9 Å². The standard InChI is InChI=1S/C17H21Cl2N3O2/c1-3-10(2)15(20)17-22-14(9-24-17)16(23)21-7-6-11-4-5-12(18)8-13(11)19/h4-5,8-10,15H,3,6-7,20H2,1-2H3,(H,21,23). The molecule has 24 heavy (non-hydrogen) atoms. The molecule has 3 N–H and O–H groups in total. The van der Waals surface area contributed by atoms with Gasteiger partial charge < -0.3 is 15.5 Å². The molecule has 7 heteroatoms. The molecule has 5 nitrogen and oxygen atoms in total. The molecule has 0 bridgehead atoms. The van der Waals surface area contributed by atoms with E-state index in [4.69, 9.17) is 33.4 Å². The van der Waals surface area contributed by atoms with E-state index in [0.29, 0.717) is 28.9 Å². The third kappa shape index (κ3) is 4.72. The lowest BCUT2D eigenvalue weighted by Gasteiger charge is -2.13. The third-order valence-electron chi connectivity index (χ3n) is 3.99. The molecule has 0 spiro atoms. The monoisotopic (exact) mass is 369 g/mol. The van der Waals surface area contributed by atoms with Crippen LogP contribution in [0.4, 0.5) is 0 Å². The molecule has 2 rings (SSSR count). The Labute approximate surface area is 151 Å². The Morgan fingerprint density at radius 2 is 2.17 bits per heavy atom. The maximum atomic E-state index is 12.1. The van der Waals surface area contributed by atoms with Gasteiger partial charge in [-0.3, -0.25) is 4.79 Å². The minimum absolute atomic E-state index is 0.228. The second-order valence-electron chi connectivity index (χ2n) is 5.72. The van der Waals surface area contributed by atoms with Crippen LogP contribution in [0.2, 0.25) is 10.0 Å². The minimum atomic E-state index is -0.315. The lowest BCUT2D eigenvalue weighted by Crippen LogP contribution is -2.26. The molecule has 0 aliphatic heterocycles. The first-order valence-electron chi connectivity index (χ1n) is 7.85. The maximum Gasteiger partial charge on any atom is 0.273 e.